The number of ether oxygens (including phenoxy) is 6. The number of methoxy groups -OCH3 is 3. The van der Waals surface area contributed by atoms with Crippen molar-refractivity contribution in [3.8, 4) is 34.5 Å². The Morgan fingerprint density at radius 3 is 1.58 bits per heavy atom. The third kappa shape index (κ3) is 13.7. The number of nitrogens with one attached hydrogen (secondary N) is 6. The topological polar surface area (TPSA) is 230 Å². The van der Waals surface area contributed by atoms with Gasteiger partial charge >= 0.3 is 0 Å². The van der Waals surface area contributed by atoms with Gasteiger partial charge in [0.2, 0.25) is 0 Å². The van der Waals surface area contributed by atoms with E-state index in [1.54, 1.807) is 57.2 Å². The van der Waals surface area contributed by atoms with Crippen molar-refractivity contribution in [3.63, 3.8) is 0 Å². The Balaban J connectivity index is 0.000000251. The highest BCUT2D eigenvalue weighted by atomic mass is 79.9. The number of hydrogen-bond acceptors (Lipinski definition) is 14. The number of fused-ring (bicyclic) bond motifs is 2. The van der Waals surface area contributed by atoms with E-state index in [-0.39, 0.29) is 74.8 Å². The molecule has 2 unspecified atom stereocenters. The summed E-state index contributed by atoms with van der Waals surface area (Å²) in [6.45, 7) is 6.97. The smallest absolute Gasteiger partial charge is 0.267 e. The van der Waals surface area contributed by atoms with Crippen LogP contribution in [0.15, 0.2) is 74.9 Å². The number of hydrogen-bond donors (Lipinski definition) is 6. The largest absolute Gasteiger partial charge is 0.496 e. The number of amides is 2. The van der Waals surface area contributed by atoms with E-state index in [4.69, 9.17) is 64.5 Å². The third-order valence-corrected chi connectivity index (χ3v) is 14.0. The minimum Gasteiger partial charge on any atom is -0.496 e. The molecule has 0 aliphatic carbocycles. The minimum atomic E-state index is -4.02. The van der Waals surface area contributed by atoms with E-state index in [1.165, 1.54) is 45.6 Å². The van der Waals surface area contributed by atoms with Crippen LogP contribution in [0.4, 0.5) is 0 Å². The lowest BCUT2D eigenvalue weighted by Crippen LogP contribution is -2.43. The Labute approximate surface area is 413 Å². The Morgan fingerprint density at radius 1 is 0.672 bits per heavy atom. The predicted octanol–water partition coefficient (Wildman–Crippen LogP) is 5.03. The molecule has 2 aliphatic heterocycles. The van der Waals surface area contributed by atoms with E-state index in [2.05, 4.69) is 46.6 Å². The number of carbonyl (C=O) groups is 2. The highest BCUT2D eigenvalue weighted by Gasteiger charge is 2.31. The van der Waals surface area contributed by atoms with Gasteiger partial charge in [-0.25, -0.2) is 16.8 Å². The van der Waals surface area contributed by atoms with Gasteiger partial charge in [-0.3, -0.25) is 19.0 Å². The van der Waals surface area contributed by atoms with E-state index in [0.29, 0.717) is 70.6 Å². The maximum atomic E-state index is 13.0. The minimum absolute atomic E-state index is 0.0124. The molecule has 0 fully saturated rings. The second-order valence-electron chi connectivity index (χ2n) is 14.4. The van der Waals surface area contributed by atoms with Gasteiger partial charge in [-0.05, 0) is 118 Å². The van der Waals surface area contributed by atoms with E-state index in [9.17, 15) is 26.4 Å². The first-order chi connectivity index (χ1) is 31.9. The lowest BCUT2D eigenvalue weighted by molar-refractivity contribution is 0.0904. The molecule has 4 aromatic carbocycles. The molecule has 0 bridgehead atoms. The molecule has 0 spiro atoms. The second kappa shape index (κ2) is 23.6. The molecule has 2 atom stereocenters. The van der Waals surface area contributed by atoms with Gasteiger partial charge in [0, 0.05) is 34.7 Å². The summed E-state index contributed by atoms with van der Waals surface area (Å²) < 4.78 is 90.1. The van der Waals surface area contributed by atoms with Crippen LogP contribution >= 0.6 is 52.0 Å². The van der Waals surface area contributed by atoms with Crippen LogP contribution in [-0.2, 0) is 32.9 Å². The first-order valence-electron chi connectivity index (χ1n) is 20.5. The monoisotopic (exact) mass is 1080 g/mol. The Hall–Kier alpha value is -5.33. The number of benzene rings is 4. The van der Waals surface area contributed by atoms with Gasteiger partial charge in [-0.2, -0.15) is 0 Å². The molecule has 0 saturated carbocycles. The van der Waals surface area contributed by atoms with Gasteiger partial charge in [0.25, 0.3) is 31.9 Å². The van der Waals surface area contributed by atoms with Crippen molar-refractivity contribution >= 4 is 94.1 Å². The van der Waals surface area contributed by atoms with E-state index in [1.807, 2.05) is 0 Å². The third-order valence-electron chi connectivity index (χ3n) is 9.78. The van der Waals surface area contributed by atoms with Crippen molar-refractivity contribution in [3.05, 3.63) is 92.4 Å². The molecule has 18 nitrogen and oxygen atoms in total. The summed E-state index contributed by atoms with van der Waals surface area (Å²) in [5, 5.41) is 11.7. The fourth-order valence-corrected chi connectivity index (χ4v) is 10.5. The van der Waals surface area contributed by atoms with Crippen LogP contribution in [0.2, 0.25) is 5.02 Å². The van der Waals surface area contributed by atoms with Crippen molar-refractivity contribution in [1.82, 2.24) is 30.7 Å². The second-order valence-corrected chi connectivity index (χ2v) is 19.9. The first kappa shape index (κ1) is 52.6. The molecule has 4 aromatic rings. The molecule has 2 aliphatic rings. The maximum absolute atomic E-state index is 13.0. The number of rotatable bonds is 15. The number of carbonyl (C=O) groups excluding carboxylic acids is 2. The highest BCUT2D eigenvalue weighted by molar-refractivity contribution is 9.10. The predicted molar refractivity (Wildman–Crippen MR) is 263 cm³/mol. The average molecular weight is 1090 g/mol. The van der Waals surface area contributed by atoms with Gasteiger partial charge in [-0.15, -0.1) is 0 Å². The average Bonchev–Trinajstić information content (AvgIpc) is 3.28. The summed E-state index contributed by atoms with van der Waals surface area (Å²) in [6, 6.07) is 15.1. The van der Waals surface area contributed by atoms with Crippen LogP contribution in [0.25, 0.3) is 0 Å². The Morgan fingerprint density at radius 2 is 1.12 bits per heavy atom. The van der Waals surface area contributed by atoms with Gasteiger partial charge in [0.1, 0.15) is 57.5 Å². The zero-order chi connectivity index (χ0) is 49.1. The van der Waals surface area contributed by atoms with Crippen molar-refractivity contribution in [2.75, 3.05) is 54.2 Å². The molecule has 67 heavy (non-hydrogen) atoms. The molecule has 24 heteroatoms. The zero-order valence-electron chi connectivity index (χ0n) is 37.2. The molecule has 2 amide bonds. The first-order valence-corrected chi connectivity index (χ1v) is 25.5. The molecular formula is C43H50BrClN6O12S4. The van der Waals surface area contributed by atoms with Gasteiger partial charge in [0.05, 0.1) is 51.1 Å². The van der Waals surface area contributed by atoms with Gasteiger partial charge in [0.15, 0.2) is 10.2 Å². The van der Waals surface area contributed by atoms with E-state index in [0.717, 1.165) is 4.47 Å². The fourth-order valence-electron chi connectivity index (χ4n) is 6.81. The van der Waals surface area contributed by atoms with Crippen molar-refractivity contribution in [2.45, 2.75) is 55.5 Å². The van der Waals surface area contributed by atoms with Gasteiger partial charge in [-0.1, -0.05) is 27.5 Å². The summed E-state index contributed by atoms with van der Waals surface area (Å²) >= 11 is 19.4. The van der Waals surface area contributed by atoms with Crippen molar-refractivity contribution in [2.24, 2.45) is 0 Å². The van der Waals surface area contributed by atoms with Crippen LogP contribution in [-0.4, -0.2) is 105 Å². The molecule has 6 N–H and O–H groups in total. The Kier molecular flexibility index (Phi) is 18.5. The number of sulfonamides is 2. The maximum Gasteiger partial charge on any atom is 0.267 e. The molecule has 0 saturated heterocycles. The summed E-state index contributed by atoms with van der Waals surface area (Å²) in [7, 11) is -3.68. The van der Waals surface area contributed by atoms with Crippen molar-refractivity contribution in [1.29, 1.82) is 0 Å². The summed E-state index contributed by atoms with van der Waals surface area (Å²) in [5.41, 5.74) is 1.88. The lowest BCUT2D eigenvalue weighted by atomic mass is 10.0. The summed E-state index contributed by atoms with van der Waals surface area (Å²) in [4.78, 5) is 25.6. The van der Waals surface area contributed by atoms with E-state index >= 15 is 0 Å². The van der Waals surface area contributed by atoms with Gasteiger partial charge < -0.3 is 49.7 Å². The highest BCUT2D eigenvalue weighted by Crippen LogP contribution is 2.37. The van der Waals surface area contributed by atoms with Crippen LogP contribution in [0.1, 0.15) is 52.6 Å². The van der Waals surface area contributed by atoms with Crippen LogP contribution in [0.3, 0.4) is 0 Å². The molecule has 0 radical (unpaired) electrons. The molecule has 2 heterocycles. The number of halogens is 2. The summed E-state index contributed by atoms with van der Waals surface area (Å²) in [5.74, 6) is 1.37. The molecule has 362 valence electrons. The standard InChI is InChI=1S/C22H26ClN3O6S2.C21H24BrN3O6S2/c1-4-24-22(33)26-34(28,29)20-9-13-8-15(12-32-18(13)11-19(20)31-5-2)25-21(27)16-10-14(23)6-7-17(16)30-3;1-4-23-21(32)25-33(27,28)19-8-12-7-14(11-31-17(12)10-18(19)30-3)24-20(26)15-9-13(22)5-6-16(15)29-2/h6-7,9-11,15H,4-5,8,12H2,1-3H3,(H,25,27)(H2,24,26,33);5-6,8-10,14H,4,7,11H2,1-3H3,(H,24,26)(H2,23,25,32). The Bertz CT molecular complexity index is 2730. The lowest BCUT2D eigenvalue weighted by Gasteiger charge is -2.27. The molecule has 0 aromatic heterocycles. The van der Waals surface area contributed by atoms with Crippen LogP contribution in [0, 0.1) is 0 Å². The van der Waals surface area contributed by atoms with Crippen LogP contribution < -0.4 is 59.1 Å². The molecule has 6 rings (SSSR count). The quantitative estimate of drug-likeness (QED) is 0.0859. The van der Waals surface area contributed by atoms with Crippen molar-refractivity contribution < 1.29 is 54.8 Å². The van der Waals surface area contributed by atoms with E-state index < -0.39 is 26.1 Å². The summed E-state index contributed by atoms with van der Waals surface area (Å²) in [6.07, 6.45) is 0.706. The zero-order valence-corrected chi connectivity index (χ0v) is 42.8. The SMILES string of the molecule is CCNC(=S)NS(=O)(=O)c1cc2c(cc1OC)OCC(NC(=O)c1cc(Br)ccc1OC)C2.CCNC(=S)NS(=O)(=O)c1cc2c(cc1OCC)OCC(NC(=O)c1cc(Cl)ccc1OC)C2. The fraction of sp³-hybridized carbons (Fsp3) is 0.349. The molecular weight excluding hydrogens is 1040 g/mol. The number of thiocarbonyl (C=S) groups is 2. The normalized spacial score (nSPS) is 14.9. The van der Waals surface area contributed by atoms with Crippen LogP contribution in [0.5, 0.6) is 34.5 Å².